The van der Waals surface area contributed by atoms with Crippen molar-refractivity contribution in [2.45, 2.75) is 4.90 Å². The van der Waals surface area contributed by atoms with Crippen molar-refractivity contribution in [3.05, 3.63) is 24.3 Å². The number of benzene rings is 1. The monoisotopic (exact) mass is 197 g/mol. The minimum absolute atomic E-state index is 0. The third kappa shape index (κ3) is 3.12. The van der Waals surface area contributed by atoms with E-state index in [4.69, 9.17) is 9.66 Å². The zero-order valence-corrected chi connectivity index (χ0v) is 9.25. The molecular formula is C6H6NaO4S+. The Kier molecular flexibility index (Phi) is 4.22. The molecule has 0 radical (unpaired) electrons. The molecule has 4 nitrogen and oxygen atoms in total. The van der Waals surface area contributed by atoms with Crippen LogP contribution in [-0.2, 0) is 10.1 Å². The van der Waals surface area contributed by atoms with Crippen LogP contribution in [0, 0.1) is 0 Å². The van der Waals surface area contributed by atoms with Crippen LogP contribution in [0.15, 0.2) is 29.2 Å². The molecule has 6 heteroatoms. The van der Waals surface area contributed by atoms with E-state index in [1.165, 1.54) is 18.2 Å². The number of aromatic hydroxyl groups is 1. The van der Waals surface area contributed by atoms with E-state index in [2.05, 4.69) is 0 Å². The zero-order chi connectivity index (χ0) is 8.48. The third-order valence-electron chi connectivity index (χ3n) is 1.12. The van der Waals surface area contributed by atoms with Gasteiger partial charge < -0.3 is 5.11 Å². The predicted molar refractivity (Wildman–Crippen MR) is 37.9 cm³/mol. The molecule has 0 unspecified atom stereocenters. The predicted octanol–water partition coefficient (Wildman–Crippen LogP) is -2.36. The topological polar surface area (TPSA) is 74.6 Å². The average molecular weight is 197 g/mol. The fraction of sp³-hybridized carbons (Fsp3) is 0. The van der Waals surface area contributed by atoms with E-state index in [0.29, 0.717) is 0 Å². The Morgan fingerprint density at radius 1 is 1.25 bits per heavy atom. The summed E-state index contributed by atoms with van der Waals surface area (Å²) in [6, 6.07) is 4.80. The molecule has 0 aromatic heterocycles. The molecule has 2 N–H and O–H groups in total. The molecule has 0 aliphatic carbocycles. The quantitative estimate of drug-likeness (QED) is 0.390. The minimum Gasteiger partial charge on any atom is -0.508 e. The van der Waals surface area contributed by atoms with Crippen molar-refractivity contribution in [1.82, 2.24) is 0 Å². The van der Waals surface area contributed by atoms with Gasteiger partial charge in [0.25, 0.3) is 10.1 Å². The van der Waals surface area contributed by atoms with E-state index < -0.39 is 10.1 Å². The Morgan fingerprint density at radius 3 is 2.17 bits per heavy atom. The molecule has 0 fully saturated rings. The molecule has 1 aromatic rings. The first-order chi connectivity index (χ1) is 5.00. The molecule has 0 saturated heterocycles. The first-order valence-corrected chi connectivity index (χ1v) is 4.21. The maximum absolute atomic E-state index is 10.4. The summed E-state index contributed by atoms with van der Waals surface area (Å²) in [5, 5.41) is 8.80. The molecule has 0 atom stereocenters. The summed E-state index contributed by atoms with van der Waals surface area (Å²) in [5.41, 5.74) is 0. The van der Waals surface area contributed by atoms with Gasteiger partial charge in [-0.25, -0.2) is 0 Å². The van der Waals surface area contributed by atoms with Crippen molar-refractivity contribution >= 4 is 10.1 Å². The summed E-state index contributed by atoms with van der Waals surface area (Å²) in [5.74, 6) is -0.194. The number of phenolic OH excluding ortho intramolecular Hbond substituents is 1. The minimum atomic E-state index is -4.19. The number of phenols is 1. The second-order valence-corrected chi connectivity index (χ2v) is 3.39. The Morgan fingerprint density at radius 2 is 1.83 bits per heavy atom. The average Bonchev–Trinajstić information content (AvgIpc) is 1.86. The van der Waals surface area contributed by atoms with Gasteiger partial charge in [0.1, 0.15) is 5.75 Å². The molecule has 0 spiro atoms. The van der Waals surface area contributed by atoms with E-state index in [9.17, 15) is 8.42 Å². The van der Waals surface area contributed by atoms with E-state index in [1.807, 2.05) is 0 Å². The second kappa shape index (κ2) is 4.25. The number of hydrogen-bond acceptors (Lipinski definition) is 3. The fourth-order valence-electron chi connectivity index (χ4n) is 0.644. The van der Waals surface area contributed by atoms with E-state index in [0.717, 1.165) is 6.07 Å². The summed E-state index contributed by atoms with van der Waals surface area (Å²) in [4.78, 5) is -0.308. The fourth-order valence-corrected chi connectivity index (χ4v) is 1.16. The van der Waals surface area contributed by atoms with Crippen molar-refractivity contribution in [3.63, 3.8) is 0 Å². The van der Waals surface area contributed by atoms with Gasteiger partial charge in [-0.2, -0.15) is 8.42 Å². The Balaban J connectivity index is 0.00000121. The molecule has 0 amide bonds. The smallest absolute Gasteiger partial charge is 0.508 e. The Labute approximate surface area is 92.3 Å². The van der Waals surface area contributed by atoms with Gasteiger partial charge in [0.05, 0.1) is 4.90 Å². The van der Waals surface area contributed by atoms with Gasteiger partial charge in [0.15, 0.2) is 0 Å². The summed E-state index contributed by atoms with van der Waals surface area (Å²) in [6.45, 7) is 0. The Bertz CT molecular complexity index is 360. The standard InChI is InChI=1S/C6H6O4S.Na/c7-5-2-1-3-6(4-5)11(8,9)10;/h1-4,7H,(H,8,9,10);/q;+1. The molecule has 60 valence electrons. The van der Waals surface area contributed by atoms with Crippen molar-refractivity contribution in [1.29, 1.82) is 0 Å². The van der Waals surface area contributed by atoms with E-state index in [1.54, 1.807) is 0 Å². The molecule has 0 bridgehead atoms. The van der Waals surface area contributed by atoms with Crippen LogP contribution in [0.25, 0.3) is 0 Å². The summed E-state index contributed by atoms with van der Waals surface area (Å²) >= 11 is 0. The molecular weight excluding hydrogens is 191 g/mol. The van der Waals surface area contributed by atoms with Gasteiger partial charge in [-0.1, -0.05) is 6.07 Å². The molecule has 1 rings (SSSR count). The van der Waals surface area contributed by atoms with Crippen molar-refractivity contribution in [3.8, 4) is 5.75 Å². The van der Waals surface area contributed by atoms with Crippen molar-refractivity contribution in [2.24, 2.45) is 0 Å². The molecule has 0 saturated carbocycles. The number of rotatable bonds is 1. The first-order valence-electron chi connectivity index (χ1n) is 2.77. The van der Waals surface area contributed by atoms with Crippen molar-refractivity contribution < 1.29 is 47.6 Å². The van der Waals surface area contributed by atoms with E-state index >= 15 is 0 Å². The van der Waals surface area contributed by atoms with Crippen LogP contribution in [0.2, 0.25) is 0 Å². The van der Waals surface area contributed by atoms with Crippen LogP contribution in [0.1, 0.15) is 0 Å². The largest absolute Gasteiger partial charge is 1.00 e. The van der Waals surface area contributed by atoms with Crippen LogP contribution in [-0.4, -0.2) is 18.1 Å². The van der Waals surface area contributed by atoms with Crippen LogP contribution in [0.3, 0.4) is 0 Å². The number of hydrogen-bond donors (Lipinski definition) is 2. The zero-order valence-electron chi connectivity index (χ0n) is 6.43. The SMILES string of the molecule is O=S(=O)(O)c1cccc(O)c1.[Na+]. The van der Waals surface area contributed by atoms with Crippen LogP contribution >= 0.6 is 0 Å². The second-order valence-electron chi connectivity index (χ2n) is 1.97. The van der Waals surface area contributed by atoms with Crippen LogP contribution < -0.4 is 29.6 Å². The normalized spacial score (nSPS) is 10.4. The molecule has 12 heavy (non-hydrogen) atoms. The van der Waals surface area contributed by atoms with Crippen LogP contribution in [0.5, 0.6) is 5.75 Å². The maximum atomic E-state index is 10.4. The van der Waals surface area contributed by atoms with Crippen LogP contribution in [0.4, 0.5) is 0 Å². The summed E-state index contributed by atoms with van der Waals surface area (Å²) in [7, 11) is -4.19. The first kappa shape index (κ1) is 11.9. The van der Waals surface area contributed by atoms with Gasteiger partial charge in [0.2, 0.25) is 0 Å². The summed E-state index contributed by atoms with van der Waals surface area (Å²) < 4.78 is 29.3. The maximum Gasteiger partial charge on any atom is 1.00 e. The third-order valence-corrected chi connectivity index (χ3v) is 1.97. The van der Waals surface area contributed by atoms with E-state index in [-0.39, 0.29) is 40.2 Å². The summed E-state index contributed by atoms with van der Waals surface area (Å²) in [6.07, 6.45) is 0. The molecule has 0 heterocycles. The Hall–Kier alpha value is -0.0700. The van der Waals surface area contributed by atoms with Gasteiger partial charge >= 0.3 is 29.6 Å². The molecule has 0 aliphatic rings. The molecule has 0 aliphatic heterocycles. The van der Waals surface area contributed by atoms with Gasteiger partial charge in [0, 0.05) is 6.07 Å². The van der Waals surface area contributed by atoms with Gasteiger partial charge in [-0.15, -0.1) is 0 Å². The van der Waals surface area contributed by atoms with Crippen molar-refractivity contribution in [2.75, 3.05) is 0 Å². The van der Waals surface area contributed by atoms with Gasteiger partial charge in [-0.3, -0.25) is 4.55 Å². The molecule has 1 aromatic carbocycles. The van der Waals surface area contributed by atoms with Gasteiger partial charge in [-0.05, 0) is 12.1 Å².